The van der Waals surface area contributed by atoms with Crippen molar-refractivity contribution in [2.45, 2.75) is 20.4 Å². The summed E-state index contributed by atoms with van der Waals surface area (Å²) < 4.78 is 14.1. The van der Waals surface area contributed by atoms with Crippen LogP contribution in [0.25, 0.3) is 0 Å². The summed E-state index contributed by atoms with van der Waals surface area (Å²) in [6.45, 7) is 5.60. The number of hydrogen-bond donors (Lipinski definition) is 1. The van der Waals surface area contributed by atoms with Crippen LogP contribution in [0.1, 0.15) is 18.1 Å². The topological polar surface area (TPSA) is 29.3 Å². The summed E-state index contributed by atoms with van der Waals surface area (Å²) in [4.78, 5) is 2.08. The zero-order valence-corrected chi connectivity index (χ0v) is 13.2. The van der Waals surface area contributed by atoms with E-state index < -0.39 is 0 Å². The Morgan fingerprint density at radius 3 is 2.60 bits per heavy atom. The van der Waals surface area contributed by atoms with Gasteiger partial charge in [-0.2, -0.15) is 0 Å². The summed E-state index contributed by atoms with van der Waals surface area (Å²) in [6.07, 6.45) is 0. The van der Waals surface area contributed by atoms with Crippen molar-refractivity contribution in [3.05, 3.63) is 57.8 Å². The van der Waals surface area contributed by atoms with Crippen molar-refractivity contribution in [2.24, 2.45) is 0 Å². The van der Waals surface area contributed by atoms with Crippen LogP contribution < -0.4 is 10.6 Å². The molecule has 0 saturated heterocycles. The quantitative estimate of drug-likeness (QED) is 0.832. The molecule has 0 aromatic heterocycles. The molecule has 0 aliphatic carbocycles. The monoisotopic (exact) mass is 336 g/mol. The Labute approximate surface area is 127 Å². The molecule has 0 bridgehead atoms. The molecular formula is C16H18BrFN2. The van der Waals surface area contributed by atoms with Gasteiger partial charge in [-0.15, -0.1) is 0 Å². The molecule has 0 fully saturated rings. The van der Waals surface area contributed by atoms with Crippen molar-refractivity contribution in [2.75, 3.05) is 17.2 Å². The lowest BCUT2D eigenvalue weighted by molar-refractivity contribution is 0.620. The molecule has 106 valence electrons. The largest absolute Gasteiger partial charge is 0.397 e. The number of anilines is 2. The minimum Gasteiger partial charge on any atom is -0.397 e. The fourth-order valence-electron chi connectivity index (χ4n) is 2.19. The highest BCUT2D eigenvalue weighted by Crippen LogP contribution is 2.30. The van der Waals surface area contributed by atoms with Crippen molar-refractivity contribution in [1.82, 2.24) is 0 Å². The molecule has 0 aliphatic rings. The summed E-state index contributed by atoms with van der Waals surface area (Å²) in [6, 6.07) is 11.3. The van der Waals surface area contributed by atoms with Gasteiger partial charge in [-0.3, -0.25) is 0 Å². The van der Waals surface area contributed by atoms with E-state index in [2.05, 4.69) is 39.9 Å². The van der Waals surface area contributed by atoms with Crippen LogP contribution in [0.5, 0.6) is 0 Å². The number of nitrogens with two attached hydrogens (primary N) is 1. The summed E-state index contributed by atoms with van der Waals surface area (Å²) >= 11 is 3.16. The second-order valence-electron chi connectivity index (χ2n) is 4.77. The lowest BCUT2D eigenvalue weighted by Crippen LogP contribution is -2.23. The first kappa shape index (κ1) is 14.9. The molecule has 2 N–H and O–H groups in total. The normalized spacial score (nSPS) is 10.6. The molecule has 0 saturated carbocycles. The zero-order chi connectivity index (χ0) is 14.7. The number of hydrogen-bond acceptors (Lipinski definition) is 2. The molecule has 2 aromatic rings. The van der Waals surface area contributed by atoms with Gasteiger partial charge in [-0.25, -0.2) is 4.39 Å². The number of nitrogens with zero attached hydrogens (tertiary/aromatic N) is 1. The van der Waals surface area contributed by atoms with Crippen LogP contribution in [0, 0.1) is 12.7 Å². The van der Waals surface area contributed by atoms with Crippen molar-refractivity contribution in [1.29, 1.82) is 0 Å². The van der Waals surface area contributed by atoms with Crippen molar-refractivity contribution in [3.63, 3.8) is 0 Å². The molecule has 2 aromatic carbocycles. The maximum atomic E-state index is 13.7. The first-order chi connectivity index (χ1) is 9.52. The number of nitrogen functional groups attached to an aromatic ring is 1. The summed E-state index contributed by atoms with van der Waals surface area (Å²) in [5, 5.41) is 0. The molecule has 2 nitrogen and oxygen atoms in total. The molecule has 0 heterocycles. The predicted molar refractivity (Wildman–Crippen MR) is 86.4 cm³/mol. The fraction of sp³-hybridized carbons (Fsp3) is 0.250. The lowest BCUT2D eigenvalue weighted by Gasteiger charge is -2.25. The standard InChI is InChI=1S/C16H18BrFN2/c1-3-20(10-12-7-5-4-6-11(12)2)16-9-14(18)13(17)8-15(16)19/h4-9H,3,10,19H2,1-2H3. The van der Waals surface area contributed by atoms with E-state index in [1.54, 1.807) is 6.07 Å². The molecule has 0 spiro atoms. The van der Waals surface area contributed by atoms with Crippen LogP contribution in [0.4, 0.5) is 15.8 Å². The third-order valence-electron chi connectivity index (χ3n) is 3.41. The van der Waals surface area contributed by atoms with Gasteiger partial charge in [0.2, 0.25) is 0 Å². The highest BCUT2D eigenvalue weighted by molar-refractivity contribution is 9.10. The molecule has 0 unspecified atom stereocenters. The Balaban J connectivity index is 2.34. The van der Waals surface area contributed by atoms with Gasteiger partial charge in [0.1, 0.15) is 5.82 Å². The summed E-state index contributed by atoms with van der Waals surface area (Å²) in [5.74, 6) is -0.294. The molecule has 2 rings (SSSR count). The van der Waals surface area contributed by atoms with Crippen LogP contribution in [0.2, 0.25) is 0 Å². The van der Waals surface area contributed by atoms with Gasteiger partial charge in [-0.05, 0) is 47.0 Å². The molecule has 0 amide bonds. The molecule has 0 atom stereocenters. The Morgan fingerprint density at radius 1 is 1.25 bits per heavy atom. The Morgan fingerprint density at radius 2 is 1.95 bits per heavy atom. The van der Waals surface area contributed by atoms with E-state index in [9.17, 15) is 4.39 Å². The number of rotatable bonds is 4. The van der Waals surface area contributed by atoms with E-state index in [1.807, 2.05) is 19.1 Å². The van der Waals surface area contributed by atoms with Crippen LogP contribution >= 0.6 is 15.9 Å². The van der Waals surface area contributed by atoms with Crippen molar-refractivity contribution < 1.29 is 4.39 Å². The average Bonchev–Trinajstić information content (AvgIpc) is 2.42. The van der Waals surface area contributed by atoms with Gasteiger partial charge in [0.15, 0.2) is 0 Å². The maximum absolute atomic E-state index is 13.7. The summed E-state index contributed by atoms with van der Waals surface area (Å²) in [7, 11) is 0. The molecule has 20 heavy (non-hydrogen) atoms. The van der Waals surface area contributed by atoms with Gasteiger partial charge in [-0.1, -0.05) is 24.3 Å². The Hall–Kier alpha value is -1.55. The minimum atomic E-state index is -0.294. The van der Waals surface area contributed by atoms with Crippen LogP contribution in [-0.2, 0) is 6.54 Å². The van der Waals surface area contributed by atoms with E-state index in [-0.39, 0.29) is 5.82 Å². The SMILES string of the molecule is CCN(Cc1ccccc1C)c1cc(F)c(Br)cc1N. The minimum absolute atomic E-state index is 0.294. The third kappa shape index (κ3) is 3.12. The van der Waals surface area contributed by atoms with Crippen molar-refractivity contribution >= 4 is 27.3 Å². The molecule has 0 radical (unpaired) electrons. The van der Waals surface area contributed by atoms with Gasteiger partial charge in [0.25, 0.3) is 0 Å². The first-order valence-electron chi connectivity index (χ1n) is 6.57. The van der Waals surface area contributed by atoms with Crippen LogP contribution in [-0.4, -0.2) is 6.54 Å². The second kappa shape index (κ2) is 6.27. The average molecular weight is 337 g/mol. The van der Waals surface area contributed by atoms with E-state index in [0.29, 0.717) is 16.7 Å². The van der Waals surface area contributed by atoms with Crippen molar-refractivity contribution in [3.8, 4) is 0 Å². The van der Waals surface area contributed by atoms with Gasteiger partial charge >= 0.3 is 0 Å². The highest BCUT2D eigenvalue weighted by atomic mass is 79.9. The predicted octanol–water partition coefficient (Wildman–Crippen LogP) is 4.51. The van der Waals surface area contributed by atoms with E-state index in [0.717, 1.165) is 12.2 Å². The molecule has 0 aliphatic heterocycles. The zero-order valence-electron chi connectivity index (χ0n) is 11.7. The van der Waals surface area contributed by atoms with Gasteiger partial charge in [0, 0.05) is 19.2 Å². The Bertz CT molecular complexity index is 613. The van der Waals surface area contributed by atoms with Crippen LogP contribution in [0.15, 0.2) is 40.9 Å². The number of benzene rings is 2. The van der Waals surface area contributed by atoms with E-state index in [4.69, 9.17) is 5.73 Å². The van der Waals surface area contributed by atoms with E-state index in [1.165, 1.54) is 17.2 Å². The van der Waals surface area contributed by atoms with Crippen LogP contribution in [0.3, 0.4) is 0 Å². The van der Waals surface area contributed by atoms with Gasteiger partial charge < -0.3 is 10.6 Å². The second-order valence-corrected chi connectivity index (χ2v) is 5.62. The van der Waals surface area contributed by atoms with Gasteiger partial charge in [0.05, 0.1) is 15.8 Å². The lowest BCUT2D eigenvalue weighted by atomic mass is 10.1. The number of halogens is 2. The molecule has 4 heteroatoms. The van der Waals surface area contributed by atoms with E-state index >= 15 is 0 Å². The third-order valence-corrected chi connectivity index (χ3v) is 4.02. The smallest absolute Gasteiger partial charge is 0.139 e. The number of aryl methyl sites for hydroxylation is 1. The highest BCUT2D eigenvalue weighted by Gasteiger charge is 2.13. The summed E-state index contributed by atoms with van der Waals surface area (Å²) in [5.41, 5.74) is 9.77. The first-order valence-corrected chi connectivity index (χ1v) is 7.36. The Kier molecular flexibility index (Phi) is 4.65. The molecular weight excluding hydrogens is 319 g/mol. The maximum Gasteiger partial charge on any atom is 0.139 e. The fourth-order valence-corrected chi connectivity index (χ4v) is 2.55.